The molecule has 1 rings (SSSR count). The molecule has 3 heteroatoms. The molecular formula is C14H21BrFN. The SMILES string of the molecule is CCCC(C)(CNC)Cc1cccc(F)c1Br. The number of rotatable bonds is 6. The van der Waals surface area contributed by atoms with Gasteiger partial charge in [0.1, 0.15) is 5.82 Å². The zero-order valence-electron chi connectivity index (χ0n) is 10.8. The standard InChI is InChI=1S/C14H21BrFN/c1-4-8-14(2,10-17-3)9-11-6-5-7-12(16)13(11)15/h5-7,17H,4,8-10H2,1-3H3. The van der Waals surface area contributed by atoms with Gasteiger partial charge in [-0.15, -0.1) is 0 Å². The summed E-state index contributed by atoms with van der Waals surface area (Å²) in [5, 5.41) is 3.24. The normalized spacial score (nSPS) is 14.6. The zero-order chi connectivity index (χ0) is 12.9. The third-order valence-corrected chi connectivity index (χ3v) is 3.99. The van der Waals surface area contributed by atoms with Gasteiger partial charge in [0.25, 0.3) is 0 Å². The van der Waals surface area contributed by atoms with E-state index in [4.69, 9.17) is 0 Å². The average Bonchev–Trinajstić information content (AvgIpc) is 2.25. The van der Waals surface area contributed by atoms with Gasteiger partial charge in [-0.1, -0.05) is 32.4 Å². The fourth-order valence-corrected chi connectivity index (χ4v) is 2.82. The second kappa shape index (κ2) is 6.50. The van der Waals surface area contributed by atoms with Crippen molar-refractivity contribution in [2.45, 2.75) is 33.1 Å². The molecule has 0 amide bonds. The molecule has 0 saturated heterocycles. The summed E-state index contributed by atoms with van der Waals surface area (Å²) < 4.78 is 14.1. The molecule has 96 valence electrons. The van der Waals surface area contributed by atoms with E-state index < -0.39 is 0 Å². The van der Waals surface area contributed by atoms with Gasteiger partial charge in [-0.3, -0.25) is 0 Å². The topological polar surface area (TPSA) is 12.0 Å². The fraction of sp³-hybridized carbons (Fsp3) is 0.571. The van der Waals surface area contributed by atoms with Gasteiger partial charge in [0.2, 0.25) is 0 Å². The first-order valence-corrected chi connectivity index (χ1v) is 6.89. The molecule has 1 aromatic rings. The monoisotopic (exact) mass is 301 g/mol. The molecule has 0 radical (unpaired) electrons. The summed E-state index contributed by atoms with van der Waals surface area (Å²) in [4.78, 5) is 0. The molecule has 0 saturated carbocycles. The Kier molecular flexibility index (Phi) is 5.60. The first-order valence-electron chi connectivity index (χ1n) is 6.10. The number of hydrogen-bond acceptors (Lipinski definition) is 1. The van der Waals surface area contributed by atoms with E-state index in [1.807, 2.05) is 13.1 Å². The van der Waals surface area contributed by atoms with Crippen molar-refractivity contribution in [1.29, 1.82) is 0 Å². The lowest BCUT2D eigenvalue weighted by Gasteiger charge is -2.29. The highest BCUT2D eigenvalue weighted by atomic mass is 79.9. The fourth-order valence-electron chi connectivity index (χ4n) is 2.41. The maximum absolute atomic E-state index is 13.5. The highest BCUT2D eigenvalue weighted by Gasteiger charge is 2.24. The number of benzene rings is 1. The lowest BCUT2D eigenvalue weighted by molar-refractivity contribution is 0.282. The number of hydrogen-bond donors (Lipinski definition) is 1. The van der Waals surface area contributed by atoms with Crippen LogP contribution >= 0.6 is 15.9 Å². The maximum Gasteiger partial charge on any atom is 0.137 e. The molecule has 1 nitrogen and oxygen atoms in total. The van der Waals surface area contributed by atoms with E-state index in [1.54, 1.807) is 6.07 Å². The van der Waals surface area contributed by atoms with Gasteiger partial charge in [-0.05, 0) is 52.9 Å². The van der Waals surface area contributed by atoms with Crippen LogP contribution in [0.3, 0.4) is 0 Å². The number of halogens is 2. The third kappa shape index (κ3) is 4.07. The van der Waals surface area contributed by atoms with Gasteiger partial charge in [-0.25, -0.2) is 4.39 Å². The molecule has 0 aliphatic heterocycles. The van der Waals surface area contributed by atoms with Crippen molar-refractivity contribution in [3.63, 3.8) is 0 Å². The van der Waals surface area contributed by atoms with Crippen molar-refractivity contribution < 1.29 is 4.39 Å². The molecule has 17 heavy (non-hydrogen) atoms. The van der Waals surface area contributed by atoms with Crippen molar-refractivity contribution in [1.82, 2.24) is 5.32 Å². The predicted molar refractivity (Wildman–Crippen MR) is 74.7 cm³/mol. The highest BCUT2D eigenvalue weighted by Crippen LogP contribution is 2.31. The van der Waals surface area contributed by atoms with E-state index in [0.29, 0.717) is 4.47 Å². The summed E-state index contributed by atoms with van der Waals surface area (Å²) in [5.41, 5.74) is 1.23. The van der Waals surface area contributed by atoms with E-state index in [0.717, 1.165) is 31.4 Å². The molecule has 0 spiro atoms. The van der Waals surface area contributed by atoms with Crippen molar-refractivity contribution in [2.24, 2.45) is 5.41 Å². The summed E-state index contributed by atoms with van der Waals surface area (Å²) in [5.74, 6) is -0.175. The Morgan fingerprint density at radius 2 is 2.12 bits per heavy atom. The van der Waals surface area contributed by atoms with Crippen molar-refractivity contribution in [3.8, 4) is 0 Å². The lowest BCUT2D eigenvalue weighted by atomic mass is 9.79. The van der Waals surface area contributed by atoms with Gasteiger partial charge >= 0.3 is 0 Å². The van der Waals surface area contributed by atoms with E-state index in [9.17, 15) is 4.39 Å². The van der Waals surface area contributed by atoms with Crippen LogP contribution in [0.5, 0.6) is 0 Å². The second-order valence-electron chi connectivity index (χ2n) is 4.98. The summed E-state index contributed by atoms with van der Waals surface area (Å²) >= 11 is 3.34. The molecule has 1 atom stereocenters. The molecule has 0 fully saturated rings. The van der Waals surface area contributed by atoms with Crippen molar-refractivity contribution >= 4 is 15.9 Å². The first kappa shape index (κ1) is 14.7. The summed E-state index contributed by atoms with van der Waals surface area (Å²) in [6, 6.07) is 5.26. The van der Waals surface area contributed by atoms with Crippen molar-refractivity contribution in [3.05, 3.63) is 34.1 Å². The minimum Gasteiger partial charge on any atom is -0.319 e. The molecule has 0 bridgehead atoms. The van der Waals surface area contributed by atoms with E-state index in [-0.39, 0.29) is 11.2 Å². The van der Waals surface area contributed by atoms with Crippen LogP contribution in [0, 0.1) is 11.2 Å². The molecule has 0 aliphatic rings. The van der Waals surface area contributed by atoms with Crippen LogP contribution in [0.1, 0.15) is 32.3 Å². The Labute approximate surface area is 112 Å². The van der Waals surface area contributed by atoms with Crippen LogP contribution in [-0.4, -0.2) is 13.6 Å². The molecule has 0 aliphatic carbocycles. The summed E-state index contributed by atoms with van der Waals surface area (Å²) in [6.45, 7) is 5.39. The average molecular weight is 302 g/mol. The van der Waals surface area contributed by atoms with Crippen molar-refractivity contribution in [2.75, 3.05) is 13.6 Å². The van der Waals surface area contributed by atoms with Gasteiger partial charge in [0.05, 0.1) is 4.47 Å². The van der Waals surface area contributed by atoms with E-state index in [2.05, 4.69) is 35.1 Å². The van der Waals surface area contributed by atoms with Crippen LogP contribution < -0.4 is 5.32 Å². The molecule has 0 heterocycles. The zero-order valence-corrected chi connectivity index (χ0v) is 12.4. The van der Waals surface area contributed by atoms with Crippen LogP contribution in [0.2, 0.25) is 0 Å². The largest absolute Gasteiger partial charge is 0.319 e. The smallest absolute Gasteiger partial charge is 0.137 e. The molecule has 1 N–H and O–H groups in total. The minimum atomic E-state index is -0.175. The van der Waals surface area contributed by atoms with Crippen LogP contribution in [0.4, 0.5) is 4.39 Å². The van der Waals surface area contributed by atoms with Gasteiger partial charge < -0.3 is 5.32 Å². The Balaban J connectivity index is 2.89. The second-order valence-corrected chi connectivity index (χ2v) is 5.77. The maximum atomic E-state index is 13.5. The van der Waals surface area contributed by atoms with Gasteiger partial charge in [0, 0.05) is 6.54 Å². The van der Waals surface area contributed by atoms with Crippen LogP contribution in [0.25, 0.3) is 0 Å². The lowest BCUT2D eigenvalue weighted by Crippen LogP contribution is -2.31. The minimum absolute atomic E-state index is 0.175. The molecular weight excluding hydrogens is 281 g/mol. The van der Waals surface area contributed by atoms with Gasteiger partial charge in [0.15, 0.2) is 0 Å². The number of nitrogens with one attached hydrogen (secondary N) is 1. The Bertz CT molecular complexity index is 359. The van der Waals surface area contributed by atoms with Crippen LogP contribution in [0.15, 0.2) is 22.7 Å². The molecule has 0 aromatic heterocycles. The van der Waals surface area contributed by atoms with E-state index in [1.165, 1.54) is 6.07 Å². The summed E-state index contributed by atoms with van der Waals surface area (Å²) in [7, 11) is 1.97. The van der Waals surface area contributed by atoms with Gasteiger partial charge in [-0.2, -0.15) is 0 Å². The van der Waals surface area contributed by atoms with Crippen LogP contribution in [-0.2, 0) is 6.42 Å². The Morgan fingerprint density at radius 1 is 1.41 bits per heavy atom. The molecule has 1 aromatic carbocycles. The Hall–Kier alpha value is -0.410. The Morgan fingerprint density at radius 3 is 2.71 bits per heavy atom. The predicted octanol–water partition coefficient (Wildman–Crippen LogP) is 4.16. The summed E-state index contributed by atoms with van der Waals surface area (Å²) in [6.07, 6.45) is 3.17. The first-order chi connectivity index (χ1) is 8.02. The quantitative estimate of drug-likeness (QED) is 0.832. The third-order valence-electron chi connectivity index (χ3n) is 3.11. The molecule has 1 unspecified atom stereocenters. The van der Waals surface area contributed by atoms with E-state index >= 15 is 0 Å². The highest BCUT2D eigenvalue weighted by molar-refractivity contribution is 9.10.